The zero-order valence-corrected chi connectivity index (χ0v) is 12.6. The van der Waals surface area contributed by atoms with Gasteiger partial charge in [0.1, 0.15) is 5.82 Å². The second-order valence-electron chi connectivity index (χ2n) is 5.01. The molecule has 2 atom stereocenters. The molecule has 0 aliphatic heterocycles. The number of methoxy groups -OCH3 is 2. The molecule has 22 heavy (non-hydrogen) atoms. The van der Waals surface area contributed by atoms with Crippen molar-refractivity contribution < 1.29 is 19.0 Å². The Bertz CT molecular complexity index is 619. The van der Waals surface area contributed by atoms with Crippen LogP contribution < -0.4 is 15.2 Å². The summed E-state index contributed by atoms with van der Waals surface area (Å²) in [6.45, 7) is 0. The fraction of sp³-hybridized carbons (Fsp3) is 0.294. The van der Waals surface area contributed by atoms with Crippen molar-refractivity contribution >= 4 is 0 Å². The highest BCUT2D eigenvalue weighted by atomic mass is 19.1. The quantitative estimate of drug-likeness (QED) is 0.860. The summed E-state index contributed by atoms with van der Waals surface area (Å²) >= 11 is 0. The van der Waals surface area contributed by atoms with Crippen molar-refractivity contribution in [3.8, 4) is 11.5 Å². The molecule has 3 N–H and O–H groups in total. The number of hydrogen-bond donors (Lipinski definition) is 2. The summed E-state index contributed by atoms with van der Waals surface area (Å²) in [5.74, 6) is 0.132. The van der Waals surface area contributed by atoms with Gasteiger partial charge in [0.25, 0.3) is 0 Å². The van der Waals surface area contributed by atoms with E-state index in [2.05, 4.69) is 0 Å². The molecule has 0 saturated carbocycles. The zero-order valence-electron chi connectivity index (χ0n) is 12.6. The predicted octanol–water partition coefficient (Wildman–Crippen LogP) is 2.45. The Hall–Kier alpha value is -2.11. The molecule has 4 nitrogen and oxygen atoms in total. The summed E-state index contributed by atoms with van der Waals surface area (Å²) in [4.78, 5) is 0. The van der Waals surface area contributed by atoms with Crippen molar-refractivity contribution in [1.29, 1.82) is 0 Å². The van der Waals surface area contributed by atoms with Crippen LogP contribution in [-0.4, -0.2) is 25.4 Å². The number of hydrogen-bond acceptors (Lipinski definition) is 4. The maximum atomic E-state index is 14.2. The molecule has 0 radical (unpaired) electrons. The fourth-order valence-corrected chi connectivity index (χ4v) is 2.32. The van der Waals surface area contributed by atoms with Gasteiger partial charge in [-0.05, 0) is 11.6 Å². The monoisotopic (exact) mass is 305 g/mol. The smallest absolute Gasteiger partial charge is 0.163 e. The van der Waals surface area contributed by atoms with E-state index in [9.17, 15) is 9.50 Å². The van der Waals surface area contributed by atoms with Crippen LogP contribution in [0.2, 0.25) is 0 Å². The Balaban J connectivity index is 2.23. The standard InChI is InChI=1S/C17H20FNO3/c1-21-15-9-12(13(18)10-16(15)22-2)17(19)14(20)8-11-6-4-3-5-7-11/h3-7,9-10,14,17,20H,8,19H2,1-2H3/t14-,17+/m1/s1. The minimum Gasteiger partial charge on any atom is -0.493 e. The molecular formula is C17H20FNO3. The van der Waals surface area contributed by atoms with E-state index >= 15 is 0 Å². The van der Waals surface area contributed by atoms with Crippen LogP contribution in [0, 0.1) is 5.82 Å². The van der Waals surface area contributed by atoms with Crippen LogP contribution in [0.4, 0.5) is 4.39 Å². The fourth-order valence-electron chi connectivity index (χ4n) is 2.32. The molecule has 5 heteroatoms. The van der Waals surface area contributed by atoms with Gasteiger partial charge in [-0.25, -0.2) is 4.39 Å². The van der Waals surface area contributed by atoms with E-state index in [1.807, 2.05) is 30.3 Å². The van der Waals surface area contributed by atoms with Crippen LogP contribution in [0.1, 0.15) is 17.2 Å². The average Bonchev–Trinajstić information content (AvgIpc) is 2.54. The van der Waals surface area contributed by atoms with Gasteiger partial charge in [-0.15, -0.1) is 0 Å². The summed E-state index contributed by atoms with van der Waals surface area (Å²) in [6.07, 6.45) is -0.564. The first kappa shape index (κ1) is 16.3. The number of aliphatic hydroxyl groups is 1. The lowest BCUT2D eigenvalue weighted by Gasteiger charge is -2.21. The van der Waals surface area contributed by atoms with E-state index < -0.39 is 18.0 Å². The molecule has 0 aliphatic rings. The Morgan fingerprint density at radius 3 is 2.27 bits per heavy atom. The van der Waals surface area contributed by atoms with Gasteiger partial charge < -0.3 is 20.3 Å². The Kier molecular flexibility index (Phi) is 5.35. The number of rotatable bonds is 6. The molecule has 0 heterocycles. The van der Waals surface area contributed by atoms with Gasteiger partial charge in [-0.2, -0.15) is 0 Å². The van der Waals surface area contributed by atoms with Crippen LogP contribution in [-0.2, 0) is 6.42 Å². The molecule has 2 aromatic rings. The second kappa shape index (κ2) is 7.24. The van der Waals surface area contributed by atoms with Gasteiger partial charge >= 0.3 is 0 Å². The molecule has 0 unspecified atom stereocenters. The number of benzene rings is 2. The first-order valence-electron chi connectivity index (χ1n) is 6.95. The molecule has 0 spiro atoms. The van der Waals surface area contributed by atoms with Crippen LogP contribution in [0.25, 0.3) is 0 Å². The molecule has 0 aliphatic carbocycles. The normalized spacial score (nSPS) is 13.5. The Morgan fingerprint density at radius 2 is 1.68 bits per heavy atom. The van der Waals surface area contributed by atoms with E-state index in [1.165, 1.54) is 26.4 Å². The van der Waals surface area contributed by atoms with Gasteiger partial charge in [-0.3, -0.25) is 0 Å². The minimum absolute atomic E-state index is 0.195. The van der Waals surface area contributed by atoms with Crippen molar-refractivity contribution in [3.05, 3.63) is 59.4 Å². The summed E-state index contributed by atoms with van der Waals surface area (Å²) < 4.78 is 24.4. The summed E-state index contributed by atoms with van der Waals surface area (Å²) in [6, 6.07) is 11.2. The van der Waals surface area contributed by atoms with Crippen molar-refractivity contribution in [2.45, 2.75) is 18.6 Å². The molecule has 0 amide bonds. The Labute approximate surface area is 129 Å². The number of ether oxygens (including phenoxy) is 2. The molecule has 2 rings (SSSR count). The van der Waals surface area contributed by atoms with E-state index in [-0.39, 0.29) is 11.3 Å². The maximum Gasteiger partial charge on any atom is 0.163 e. The molecule has 0 aromatic heterocycles. The van der Waals surface area contributed by atoms with Crippen LogP contribution >= 0.6 is 0 Å². The SMILES string of the molecule is COc1cc(F)c([C@H](N)[C@H](O)Cc2ccccc2)cc1OC. The lowest BCUT2D eigenvalue weighted by Crippen LogP contribution is -2.29. The van der Waals surface area contributed by atoms with E-state index in [0.29, 0.717) is 12.2 Å². The van der Waals surface area contributed by atoms with Crippen molar-refractivity contribution in [2.75, 3.05) is 14.2 Å². The third-order valence-corrected chi connectivity index (χ3v) is 3.56. The molecule has 0 fully saturated rings. The third kappa shape index (κ3) is 3.55. The van der Waals surface area contributed by atoms with Crippen LogP contribution in [0.5, 0.6) is 11.5 Å². The molecule has 2 aromatic carbocycles. The average molecular weight is 305 g/mol. The first-order chi connectivity index (χ1) is 10.6. The minimum atomic E-state index is -0.907. The van der Waals surface area contributed by atoms with Gasteiger partial charge in [0, 0.05) is 18.1 Å². The highest BCUT2D eigenvalue weighted by Gasteiger charge is 2.23. The molecule has 0 bridgehead atoms. The Morgan fingerprint density at radius 1 is 1.09 bits per heavy atom. The molecule has 0 saturated heterocycles. The second-order valence-corrected chi connectivity index (χ2v) is 5.01. The van der Waals surface area contributed by atoms with Crippen molar-refractivity contribution in [3.63, 3.8) is 0 Å². The van der Waals surface area contributed by atoms with Gasteiger partial charge in [-0.1, -0.05) is 30.3 Å². The lowest BCUT2D eigenvalue weighted by molar-refractivity contribution is 0.143. The van der Waals surface area contributed by atoms with Gasteiger partial charge in [0.2, 0.25) is 0 Å². The molecule has 118 valence electrons. The highest BCUT2D eigenvalue weighted by molar-refractivity contribution is 5.45. The summed E-state index contributed by atoms with van der Waals surface area (Å²) in [5.41, 5.74) is 7.15. The van der Waals surface area contributed by atoms with Gasteiger partial charge in [0.05, 0.1) is 26.4 Å². The largest absolute Gasteiger partial charge is 0.493 e. The number of nitrogens with two attached hydrogens (primary N) is 1. The van der Waals surface area contributed by atoms with Crippen LogP contribution in [0.15, 0.2) is 42.5 Å². The first-order valence-corrected chi connectivity index (χ1v) is 6.95. The topological polar surface area (TPSA) is 64.7 Å². The van der Waals surface area contributed by atoms with Gasteiger partial charge in [0.15, 0.2) is 11.5 Å². The summed E-state index contributed by atoms with van der Waals surface area (Å²) in [5, 5.41) is 10.3. The van der Waals surface area contributed by atoms with Crippen molar-refractivity contribution in [2.24, 2.45) is 5.73 Å². The summed E-state index contributed by atoms with van der Waals surface area (Å²) in [7, 11) is 2.90. The van der Waals surface area contributed by atoms with E-state index in [0.717, 1.165) is 5.56 Å². The number of aliphatic hydroxyl groups excluding tert-OH is 1. The van der Waals surface area contributed by atoms with E-state index in [1.54, 1.807) is 0 Å². The highest BCUT2D eigenvalue weighted by Crippen LogP contribution is 2.33. The van der Waals surface area contributed by atoms with E-state index in [4.69, 9.17) is 15.2 Å². The zero-order chi connectivity index (χ0) is 16.1. The maximum absolute atomic E-state index is 14.2. The third-order valence-electron chi connectivity index (χ3n) is 3.56. The predicted molar refractivity (Wildman–Crippen MR) is 82.6 cm³/mol. The van der Waals surface area contributed by atoms with Crippen LogP contribution in [0.3, 0.4) is 0 Å². The lowest BCUT2D eigenvalue weighted by atomic mass is 9.96. The number of halogens is 1. The van der Waals surface area contributed by atoms with Crippen molar-refractivity contribution in [1.82, 2.24) is 0 Å². The molecular weight excluding hydrogens is 285 g/mol.